The molecule has 0 spiro atoms. The first kappa shape index (κ1) is 95.5. The molecule has 0 saturated heterocycles. The maximum absolute atomic E-state index is 13.1. The maximum atomic E-state index is 13.1. The number of hydrogen-bond donors (Lipinski definition) is 3. The van der Waals surface area contributed by atoms with Crippen LogP contribution in [0.1, 0.15) is 310 Å². The minimum absolute atomic E-state index is 0.0146. The van der Waals surface area contributed by atoms with Crippen LogP contribution in [0.15, 0.2) is 122 Å². The minimum atomic E-state index is -5.00. The van der Waals surface area contributed by atoms with Crippen LogP contribution in [-0.2, 0) is 65.4 Å². The molecule has 0 aromatic carbocycles. The van der Waals surface area contributed by atoms with Gasteiger partial charge < -0.3 is 33.8 Å². The SMILES string of the molecule is CCCCC/C=C\C/C=C\C/C=C\C/C=C\CCCC(=O)OC[C@H](COP(=O)(O)OC[C@@H](O)COP(=O)(O)OC[C@@H](COC(=O)CCCCCCC/C=C\CCCCCC)OC(=O)CCC/C=C\C/C=C\C/C=C\C/C=C\CCCCC)OC(=O)CCCCCCC/C=C\CCCCCC. The van der Waals surface area contributed by atoms with Crippen molar-refractivity contribution in [2.75, 3.05) is 39.6 Å². The molecule has 0 aromatic heterocycles. The number of carbonyl (C=O) groups excluding carboxylic acids is 4. The lowest BCUT2D eigenvalue weighted by Crippen LogP contribution is -2.30. The molecule has 100 heavy (non-hydrogen) atoms. The smallest absolute Gasteiger partial charge is 0.462 e. The second-order valence-corrected chi connectivity index (χ2v) is 28.5. The number of phosphoric acid groups is 2. The Kier molecular flexibility index (Phi) is 69.5. The fourth-order valence-electron chi connectivity index (χ4n) is 9.90. The Morgan fingerprint density at radius 2 is 0.500 bits per heavy atom. The number of rotatable bonds is 72. The highest BCUT2D eigenvalue weighted by Gasteiger charge is 2.30. The Hall–Kier alpha value is -4.54. The minimum Gasteiger partial charge on any atom is -0.462 e. The molecule has 0 saturated carbocycles. The van der Waals surface area contributed by atoms with E-state index in [4.69, 9.17) is 37.0 Å². The number of ether oxygens (including phenoxy) is 4. The fourth-order valence-corrected chi connectivity index (χ4v) is 11.5. The van der Waals surface area contributed by atoms with E-state index in [2.05, 4.69) is 125 Å². The molecule has 0 radical (unpaired) electrons. The largest absolute Gasteiger partial charge is 0.472 e. The van der Waals surface area contributed by atoms with Gasteiger partial charge in [0.2, 0.25) is 0 Å². The first-order valence-electron chi connectivity index (χ1n) is 38.8. The molecular weight excluding hydrogens is 1310 g/mol. The van der Waals surface area contributed by atoms with Crippen LogP contribution in [0.25, 0.3) is 0 Å². The monoisotopic (exact) mass is 1440 g/mol. The molecule has 0 fully saturated rings. The van der Waals surface area contributed by atoms with Crippen molar-refractivity contribution in [3.63, 3.8) is 0 Å². The lowest BCUT2D eigenvalue weighted by atomic mass is 10.1. The van der Waals surface area contributed by atoms with Crippen molar-refractivity contribution < 1.29 is 80.2 Å². The fraction of sp³-hybridized carbons (Fsp3) is 0.704. The highest BCUT2D eigenvalue weighted by molar-refractivity contribution is 7.47. The Bertz CT molecular complexity index is 2370. The van der Waals surface area contributed by atoms with E-state index in [1.165, 1.54) is 89.9 Å². The van der Waals surface area contributed by atoms with Crippen molar-refractivity contribution in [1.82, 2.24) is 0 Å². The molecule has 0 heterocycles. The molecule has 0 bridgehead atoms. The van der Waals surface area contributed by atoms with Crippen molar-refractivity contribution in [3.05, 3.63) is 122 Å². The van der Waals surface area contributed by atoms with Crippen molar-refractivity contribution in [2.45, 2.75) is 329 Å². The summed E-state index contributed by atoms with van der Waals surface area (Å²) in [4.78, 5) is 72.8. The van der Waals surface area contributed by atoms with Crippen LogP contribution in [0.5, 0.6) is 0 Å². The number of esters is 4. The molecule has 0 aromatic rings. The van der Waals surface area contributed by atoms with E-state index in [0.29, 0.717) is 38.5 Å². The van der Waals surface area contributed by atoms with Gasteiger partial charge in [0.15, 0.2) is 12.2 Å². The normalized spacial score (nSPS) is 14.6. The summed E-state index contributed by atoms with van der Waals surface area (Å²) in [7, 11) is -9.99. The third-order valence-electron chi connectivity index (χ3n) is 15.9. The summed E-state index contributed by atoms with van der Waals surface area (Å²) in [6.45, 7) is 4.64. The number of allylic oxidation sites excluding steroid dienone is 20. The Morgan fingerprint density at radius 1 is 0.280 bits per heavy atom. The van der Waals surface area contributed by atoms with Gasteiger partial charge in [0.05, 0.1) is 26.4 Å². The average molecular weight is 1450 g/mol. The summed E-state index contributed by atoms with van der Waals surface area (Å²) >= 11 is 0. The topological polar surface area (TPSA) is 237 Å². The van der Waals surface area contributed by atoms with Gasteiger partial charge >= 0.3 is 39.5 Å². The number of aliphatic hydroxyl groups excluding tert-OH is 1. The Balaban J connectivity index is 5.45. The predicted octanol–water partition coefficient (Wildman–Crippen LogP) is 22.3. The van der Waals surface area contributed by atoms with Gasteiger partial charge in [-0.05, 0) is 154 Å². The molecule has 17 nitrogen and oxygen atoms in total. The average Bonchev–Trinajstić information content (AvgIpc) is 1.93. The molecule has 3 N–H and O–H groups in total. The summed E-state index contributed by atoms with van der Waals surface area (Å²) in [6, 6.07) is 0. The van der Waals surface area contributed by atoms with Crippen molar-refractivity contribution in [1.29, 1.82) is 0 Å². The summed E-state index contributed by atoms with van der Waals surface area (Å²) in [5, 5.41) is 10.6. The number of phosphoric ester groups is 2. The molecule has 0 aliphatic carbocycles. The van der Waals surface area contributed by atoms with E-state index >= 15 is 0 Å². The van der Waals surface area contributed by atoms with Crippen LogP contribution in [-0.4, -0.2) is 96.7 Å². The lowest BCUT2D eigenvalue weighted by molar-refractivity contribution is -0.161. The first-order chi connectivity index (χ1) is 48.7. The van der Waals surface area contributed by atoms with Gasteiger partial charge in [0.1, 0.15) is 19.3 Å². The van der Waals surface area contributed by atoms with Gasteiger partial charge in [0.25, 0.3) is 0 Å². The second-order valence-electron chi connectivity index (χ2n) is 25.6. The Morgan fingerprint density at radius 3 is 0.830 bits per heavy atom. The van der Waals surface area contributed by atoms with Crippen LogP contribution in [0, 0.1) is 0 Å². The van der Waals surface area contributed by atoms with E-state index in [1.807, 2.05) is 24.3 Å². The highest BCUT2D eigenvalue weighted by Crippen LogP contribution is 2.45. The van der Waals surface area contributed by atoms with Gasteiger partial charge in [-0.25, -0.2) is 9.13 Å². The van der Waals surface area contributed by atoms with Crippen molar-refractivity contribution >= 4 is 39.5 Å². The summed E-state index contributed by atoms with van der Waals surface area (Å²) in [5.74, 6) is -2.32. The van der Waals surface area contributed by atoms with Gasteiger partial charge in [-0.2, -0.15) is 0 Å². The third kappa shape index (κ3) is 71.8. The third-order valence-corrected chi connectivity index (χ3v) is 17.8. The van der Waals surface area contributed by atoms with E-state index in [-0.39, 0.29) is 25.7 Å². The second kappa shape index (κ2) is 72.8. The van der Waals surface area contributed by atoms with E-state index in [9.17, 15) is 43.2 Å². The van der Waals surface area contributed by atoms with Crippen LogP contribution in [0.4, 0.5) is 0 Å². The van der Waals surface area contributed by atoms with Crippen LogP contribution in [0.3, 0.4) is 0 Å². The number of aliphatic hydroxyl groups is 1. The van der Waals surface area contributed by atoms with Crippen LogP contribution >= 0.6 is 15.6 Å². The van der Waals surface area contributed by atoms with Gasteiger partial charge in [-0.1, -0.05) is 252 Å². The number of hydrogen-bond acceptors (Lipinski definition) is 15. The standard InChI is InChI=1S/C81H138O17P2/c1-5-9-13-17-21-25-29-33-35-37-39-43-46-50-54-58-62-66-79(84)92-72-76(97-80(85)67-63-59-55-51-47-42-32-28-24-20-16-12-8-4)73-95-99(87,88)93-69-75(82)70-94-100(89,90)96-74-77(71-91-78(83)65-61-57-53-49-45-41-31-27-23-19-15-11-7-3)98-81(86)68-64-60-56-52-48-44-40-38-36-34-30-26-22-18-14-10-6-2/h21-22,25-28,31-36,39-40,43-44,50,52,54,56,75-77,82H,5-20,23-24,29-30,37-38,41-42,45-49,51,53,55,57-74H2,1-4H3,(H,87,88)(H,89,90)/b25-21-,26-22-,31-27-,32-28-,35-33-,36-34-,43-39-,44-40-,54-50-,56-52-/t75-,76-,77-/m1/s1. The maximum Gasteiger partial charge on any atom is 0.472 e. The summed E-state index contributed by atoms with van der Waals surface area (Å²) in [6.07, 6.45) is 79.2. The van der Waals surface area contributed by atoms with Gasteiger partial charge in [0, 0.05) is 25.7 Å². The first-order valence-corrected chi connectivity index (χ1v) is 41.8. The predicted molar refractivity (Wildman–Crippen MR) is 408 cm³/mol. The number of unbranched alkanes of at least 4 members (excludes halogenated alkanes) is 26. The quantitative estimate of drug-likeness (QED) is 0.0169. The zero-order chi connectivity index (χ0) is 73.2. The van der Waals surface area contributed by atoms with Gasteiger partial charge in [-0.15, -0.1) is 0 Å². The molecule has 574 valence electrons. The zero-order valence-corrected chi connectivity index (χ0v) is 64.4. The lowest BCUT2D eigenvalue weighted by Gasteiger charge is -2.21. The molecule has 0 rings (SSSR count). The highest BCUT2D eigenvalue weighted by atomic mass is 31.2. The molecule has 2 unspecified atom stereocenters. The van der Waals surface area contributed by atoms with E-state index < -0.39 is 97.5 Å². The zero-order valence-electron chi connectivity index (χ0n) is 62.6. The molecule has 19 heteroatoms. The van der Waals surface area contributed by atoms with Crippen molar-refractivity contribution in [2.24, 2.45) is 0 Å². The number of carbonyl (C=O) groups is 4. The van der Waals surface area contributed by atoms with Crippen LogP contribution < -0.4 is 0 Å². The molecule has 5 atom stereocenters. The Labute approximate surface area is 606 Å². The van der Waals surface area contributed by atoms with Crippen LogP contribution in [0.2, 0.25) is 0 Å². The summed E-state index contributed by atoms with van der Waals surface area (Å²) in [5.41, 5.74) is 0. The summed E-state index contributed by atoms with van der Waals surface area (Å²) < 4.78 is 68.4. The van der Waals surface area contributed by atoms with Gasteiger partial charge in [-0.3, -0.25) is 37.3 Å². The molecular formula is C81H138O17P2. The molecule has 0 amide bonds. The molecule has 0 aliphatic rings. The van der Waals surface area contributed by atoms with Crippen molar-refractivity contribution in [3.8, 4) is 0 Å². The van der Waals surface area contributed by atoms with E-state index in [1.54, 1.807) is 0 Å². The molecule has 0 aliphatic heterocycles. The van der Waals surface area contributed by atoms with E-state index in [0.717, 1.165) is 128 Å².